The van der Waals surface area contributed by atoms with Crippen LogP contribution in [0.5, 0.6) is 0 Å². The third-order valence-corrected chi connectivity index (χ3v) is 2.12. The van der Waals surface area contributed by atoms with Crippen molar-refractivity contribution in [3.63, 3.8) is 0 Å². The highest BCUT2D eigenvalue weighted by Gasteiger charge is 2.17. The van der Waals surface area contributed by atoms with Crippen LogP contribution in [-0.4, -0.2) is 33.0 Å². The Balaban J connectivity index is 2.50. The fraction of sp³-hybridized carbons (Fsp3) is 0.364. The van der Waals surface area contributed by atoms with Crippen LogP contribution in [0.4, 0.5) is 0 Å². The molecule has 0 saturated carbocycles. The fourth-order valence-electron chi connectivity index (χ4n) is 1.29. The molecule has 1 unspecified atom stereocenters. The van der Waals surface area contributed by atoms with E-state index in [1.54, 1.807) is 6.20 Å². The Morgan fingerprint density at radius 3 is 2.94 bits per heavy atom. The lowest BCUT2D eigenvalue weighted by Crippen LogP contribution is -2.39. The highest BCUT2D eigenvalue weighted by atomic mass is 16.4. The molecular weight excluding hydrogens is 222 g/mol. The summed E-state index contributed by atoms with van der Waals surface area (Å²) in [6.45, 7) is 1.86. The lowest BCUT2D eigenvalue weighted by molar-refractivity contribution is -0.141. The molecular formula is C11H15N3O3. The molecule has 0 radical (unpaired) electrons. The Morgan fingerprint density at radius 2 is 2.41 bits per heavy atom. The van der Waals surface area contributed by atoms with Crippen LogP contribution < -0.4 is 5.32 Å². The summed E-state index contributed by atoms with van der Waals surface area (Å²) in [5, 5.41) is 11.3. The molecule has 0 saturated heterocycles. The lowest BCUT2D eigenvalue weighted by atomic mass is 10.1. The van der Waals surface area contributed by atoms with Gasteiger partial charge in [0.15, 0.2) is 0 Å². The van der Waals surface area contributed by atoms with Crippen LogP contribution in [0.2, 0.25) is 0 Å². The fourth-order valence-corrected chi connectivity index (χ4v) is 1.29. The highest BCUT2D eigenvalue weighted by Crippen LogP contribution is 1.98. The minimum atomic E-state index is -1.02. The van der Waals surface area contributed by atoms with Crippen molar-refractivity contribution >= 4 is 18.0 Å². The van der Waals surface area contributed by atoms with Gasteiger partial charge in [-0.25, -0.2) is 9.78 Å². The van der Waals surface area contributed by atoms with Crippen molar-refractivity contribution in [2.24, 2.45) is 0 Å². The smallest absolute Gasteiger partial charge is 0.326 e. The van der Waals surface area contributed by atoms with E-state index in [1.807, 2.05) is 6.92 Å². The van der Waals surface area contributed by atoms with Gasteiger partial charge in [0.05, 0.1) is 12.0 Å². The number of aliphatic carboxylic acids is 1. The van der Waals surface area contributed by atoms with E-state index in [0.717, 1.165) is 0 Å². The average Bonchev–Trinajstić information content (AvgIpc) is 2.78. The number of carboxylic acid groups (broad SMARTS) is 1. The van der Waals surface area contributed by atoms with Gasteiger partial charge in [0.25, 0.3) is 0 Å². The largest absolute Gasteiger partial charge is 0.480 e. The second-order valence-electron chi connectivity index (χ2n) is 3.52. The van der Waals surface area contributed by atoms with E-state index in [2.05, 4.69) is 15.3 Å². The van der Waals surface area contributed by atoms with Crippen LogP contribution in [0.1, 0.15) is 25.5 Å². The molecule has 6 heteroatoms. The molecule has 0 spiro atoms. The topological polar surface area (TPSA) is 95.1 Å². The molecule has 1 amide bonds. The van der Waals surface area contributed by atoms with Crippen LogP contribution in [-0.2, 0) is 9.59 Å². The van der Waals surface area contributed by atoms with Crippen molar-refractivity contribution in [2.75, 3.05) is 0 Å². The Hall–Kier alpha value is -2.11. The number of imidazole rings is 1. The number of nitrogens with zero attached hydrogens (tertiary/aromatic N) is 1. The van der Waals surface area contributed by atoms with Crippen molar-refractivity contribution < 1.29 is 14.7 Å². The van der Waals surface area contributed by atoms with Gasteiger partial charge in [0.2, 0.25) is 5.91 Å². The van der Waals surface area contributed by atoms with Crippen LogP contribution >= 0.6 is 0 Å². The van der Waals surface area contributed by atoms with Gasteiger partial charge in [-0.3, -0.25) is 4.79 Å². The third kappa shape index (κ3) is 4.50. The number of hydrogen-bond donors (Lipinski definition) is 3. The number of carbonyl (C=O) groups is 2. The van der Waals surface area contributed by atoms with Gasteiger partial charge in [-0.2, -0.15) is 0 Å². The molecule has 1 heterocycles. The number of carboxylic acids is 1. The van der Waals surface area contributed by atoms with Crippen molar-refractivity contribution in [1.29, 1.82) is 0 Å². The summed E-state index contributed by atoms with van der Waals surface area (Å²) in [5.74, 6) is -1.46. The Morgan fingerprint density at radius 1 is 1.65 bits per heavy atom. The SMILES string of the molecule is CCCC(NC(=O)/C=C/c1c[nH]cn1)C(=O)O. The molecule has 0 fully saturated rings. The first-order chi connectivity index (χ1) is 8.13. The van der Waals surface area contributed by atoms with Gasteiger partial charge in [-0.15, -0.1) is 0 Å². The molecule has 17 heavy (non-hydrogen) atoms. The second-order valence-corrected chi connectivity index (χ2v) is 3.52. The molecule has 0 bridgehead atoms. The normalized spacial score (nSPS) is 12.5. The maximum Gasteiger partial charge on any atom is 0.326 e. The van der Waals surface area contributed by atoms with Crippen molar-refractivity contribution in [1.82, 2.24) is 15.3 Å². The summed E-state index contributed by atoms with van der Waals surface area (Å²) in [6.07, 6.45) is 7.01. The van der Waals surface area contributed by atoms with E-state index < -0.39 is 17.9 Å². The number of amides is 1. The van der Waals surface area contributed by atoms with Crippen molar-refractivity contribution in [2.45, 2.75) is 25.8 Å². The molecule has 0 aliphatic heterocycles. The molecule has 92 valence electrons. The van der Waals surface area contributed by atoms with Crippen LogP contribution in [0.25, 0.3) is 6.08 Å². The number of aromatic nitrogens is 2. The first-order valence-corrected chi connectivity index (χ1v) is 5.33. The molecule has 0 aliphatic rings. The summed E-state index contributed by atoms with van der Waals surface area (Å²) in [4.78, 5) is 28.9. The standard InChI is InChI=1S/C11H15N3O3/c1-2-3-9(11(16)17)14-10(15)5-4-8-6-12-7-13-8/h4-7,9H,2-3H2,1H3,(H,12,13)(H,14,15)(H,16,17)/b5-4+. The second kappa shape index (κ2) is 6.47. The van der Waals surface area contributed by atoms with Crippen molar-refractivity contribution in [3.8, 4) is 0 Å². The number of nitrogens with one attached hydrogen (secondary N) is 2. The van der Waals surface area contributed by atoms with Gasteiger partial charge in [0, 0.05) is 12.3 Å². The molecule has 1 atom stereocenters. The van der Waals surface area contributed by atoms with Gasteiger partial charge in [-0.1, -0.05) is 13.3 Å². The molecule has 0 aliphatic carbocycles. The zero-order valence-corrected chi connectivity index (χ0v) is 9.51. The minimum Gasteiger partial charge on any atom is -0.480 e. The zero-order chi connectivity index (χ0) is 12.7. The maximum atomic E-state index is 11.4. The zero-order valence-electron chi connectivity index (χ0n) is 9.51. The van der Waals surface area contributed by atoms with Gasteiger partial charge < -0.3 is 15.4 Å². The minimum absolute atomic E-state index is 0.414. The van der Waals surface area contributed by atoms with E-state index in [-0.39, 0.29) is 0 Å². The molecule has 1 aromatic rings. The Kier molecular flexibility index (Phi) is 4.93. The maximum absolute atomic E-state index is 11.4. The predicted octanol–water partition coefficient (Wildman–Crippen LogP) is 0.792. The molecule has 1 rings (SSSR count). The predicted molar refractivity (Wildman–Crippen MR) is 62.1 cm³/mol. The van der Waals surface area contributed by atoms with E-state index in [4.69, 9.17) is 5.11 Å². The summed E-state index contributed by atoms with van der Waals surface area (Å²) in [6, 6.07) is -0.837. The Labute approximate surface area is 98.8 Å². The number of hydrogen-bond acceptors (Lipinski definition) is 3. The van der Waals surface area contributed by atoms with Gasteiger partial charge >= 0.3 is 5.97 Å². The van der Waals surface area contributed by atoms with Gasteiger partial charge in [-0.05, 0) is 12.5 Å². The Bertz CT molecular complexity index is 398. The molecule has 6 nitrogen and oxygen atoms in total. The van der Waals surface area contributed by atoms with Crippen LogP contribution in [0.15, 0.2) is 18.6 Å². The monoisotopic (exact) mass is 237 g/mol. The van der Waals surface area contributed by atoms with E-state index in [1.165, 1.54) is 18.5 Å². The van der Waals surface area contributed by atoms with Crippen LogP contribution in [0.3, 0.4) is 0 Å². The number of aromatic amines is 1. The molecule has 1 aromatic heterocycles. The first kappa shape index (κ1) is 13.0. The first-order valence-electron chi connectivity index (χ1n) is 5.33. The van der Waals surface area contributed by atoms with Crippen LogP contribution in [0, 0.1) is 0 Å². The average molecular weight is 237 g/mol. The number of carbonyl (C=O) groups excluding carboxylic acids is 1. The summed E-state index contributed by atoms with van der Waals surface area (Å²) in [7, 11) is 0. The van der Waals surface area contributed by atoms with E-state index in [9.17, 15) is 9.59 Å². The van der Waals surface area contributed by atoms with E-state index >= 15 is 0 Å². The van der Waals surface area contributed by atoms with Crippen molar-refractivity contribution in [3.05, 3.63) is 24.3 Å². The number of H-pyrrole nitrogens is 1. The number of rotatable bonds is 6. The summed E-state index contributed by atoms with van der Waals surface area (Å²) >= 11 is 0. The highest BCUT2D eigenvalue weighted by molar-refractivity contribution is 5.94. The molecule has 3 N–H and O–H groups in total. The van der Waals surface area contributed by atoms with E-state index in [0.29, 0.717) is 18.5 Å². The quantitative estimate of drug-likeness (QED) is 0.637. The van der Waals surface area contributed by atoms with Gasteiger partial charge in [0.1, 0.15) is 6.04 Å². The summed E-state index contributed by atoms with van der Waals surface area (Å²) < 4.78 is 0. The lowest BCUT2D eigenvalue weighted by Gasteiger charge is -2.11. The summed E-state index contributed by atoms with van der Waals surface area (Å²) in [5.41, 5.74) is 0.613. The third-order valence-electron chi connectivity index (χ3n) is 2.12. The molecule has 0 aromatic carbocycles.